The molecule has 1 aromatic heterocycles. The highest BCUT2D eigenvalue weighted by Crippen LogP contribution is 2.26. The number of para-hydroxylation sites is 1. The summed E-state index contributed by atoms with van der Waals surface area (Å²) in [5.41, 5.74) is 2.52. The number of H-pyrrole nitrogens is 1. The van der Waals surface area contributed by atoms with Gasteiger partial charge in [0, 0.05) is 5.56 Å². The summed E-state index contributed by atoms with van der Waals surface area (Å²) in [5.74, 6) is -0.368. The van der Waals surface area contributed by atoms with E-state index in [0.717, 1.165) is 5.56 Å². The smallest absolute Gasteiger partial charge is 0.238 e. The van der Waals surface area contributed by atoms with Crippen molar-refractivity contribution in [2.45, 2.75) is 13.0 Å². The summed E-state index contributed by atoms with van der Waals surface area (Å²) in [5, 5.41) is 26.9. The first-order valence-electron chi connectivity index (χ1n) is 5.66. The number of nitrogens with one attached hydrogen (secondary N) is 2. The molecule has 0 atom stereocenters. The Kier molecular flexibility index (Phi) is 3.90. The van der Waals surface area contributed by atoms with Gasteiger partial charge in [0.2, 0.25) is 5.91 Å². The minimum Gasteiger partial charge on any atom is -0.390 e. The molecule has 0 aliphatic rings. The van der Waals surface area contributed by atoms with Crippen molar-refractivity contribution in [1.29, 1.82) is 5.26 Å². The Morgan fingerprint density at radius 2 is 2.26 bits per heavy atom. The number of carbonyl (C=O) groups excluding carboxylic acids is 1. The van der Waals surface area contributed by atoms with Gasteiger partial charge in [-0.05, 0) is 12.1 Å². The second-order valence-corrected chi connectivity index (χ2v) is 3.87. The first-order valence-corrected chi connectivity index (χ1v) is 5.66. The van der Waals surface area contributed by atoms with Crippen LogP contribution in [0.5, 0.6) is 0 Å². The van der Waals surface area contributed by atoms with E-state index in [2.05, 4.69) is 15.5 Å². The van der Waals surface area contributed by atoms with Gasteiger partial charge in [0.15, 0.2) is 0 Å². The maximum absolute atomic E-state index is 11.5. The van der Waals surface area contributed by atoms with Gasteiger partial charge in [-0.3, -0.25) is 9.89 Å². The lowest BCUT2D eigenvalue weighted by atomic mass is 10.1. The third-order valence-electron chi connectivity index (χ3n) is 2.52. The molecule has 19 heavy (non-hydrogen) atoms. The molecule has 0 bridgehead atoms. The monoisotopic (exact) mass is 256 g/mol. The van der Waals surface area contributed by atoms with Crippen LogP contribution in [-0.2, 0) is 11.4 Å². The molecule has 6 nitrogen and oxygen atoms in total. The van der Waals surface area contributed by atoms with Crippen LogP contribution in [0.25, 0.3) is 11.3 Å². The summed E-state index contributed by atoms with van der Waals surface area (Å²) in [6.07, 6.45) is -0.198. The summed E-state index contributed by atoms with van der Waals surface area (Å²) in [6.45, 7) is -0.129. The van der Waals surface area contributed by atoms with E-state index in [-0.39, 0.29) is 18.9 Å². The normalized spacial score (nSPS) is 9.89. The van der Waals surface area contributed by atoms with Crippen LogP contribution < -0.4 is 5.32 Å². The number of nitriles is 1. The predicted octanol–water partition coefficient (Wildman–Crippen LogP) is 1.42. The van der Waals surface area contributed by atoms with Crippen molar-refractivity contribution in [1.82, 2.24) is 10.2 Å². The number of rotatable bonds is 4. The summed E-state index contributed by atoms with van der Waals surface area (Å²) >= 11 is 0. The molecule has 2 aromatic rings. The van der Waals surface area contributed by atoms with Crippen LogP contribution in [0.3, 0.4) is 0 Å². The van der Waals surface area contributed by atoms with Gasteiger partial charge in [0.05, 0.1) is 29.8 Å². The maximum Gasteiger partial charge on any atom is 0.238 e. The van der Waals surface area contributed by atoms with Gasteiger partial charge in [0.25, 0.3) is 0 Å². The zero-order valence-electron chi connectivity index (χ0n) is 10.1. The standard InChI is InChI=1S/C13H12N4O2/c14-6-5-13(19)15-11-4-2-1-3-10(11)12-7-9(8-18)16-17-12/h1-4,7,18H,5,8H2,(H,15,19)(H,16,17). The third kappa shape index (κ3) is 2.97. The molecule has 0 radical (unpaired) electrons. The van der Waals surface area contributed by atoms with Crippen molar-refractivity contribution in [2.24, 2.45) is 0 Å². The van der Waals surface area contributed by atoms with E-state index < -0.39 is 0 Å². The Balaban J connectivity index is 2.30. The van der Waals surface area contributed by atoms with Crippen molar-refractivity contribution < 1.29 is 9.90 Å². The van der Waals surface area contributed by atoms with Crippen LogP contribution in [0.4, 0.5) is 5.69 Å². The first kappa shape index (κ1) is 12.8. The van der Waals surface area contributed by atoms with Crippen LogP contribution in [0, 0.1) is 11.3 Å². The first-order chi connectivity index (χ1) is 9.24. The van der Waals surface area contributed by atoms with E-state index in [1.54, 1.807) is 30.3 Å². The fraction of sp³-hybridized carbons (Fsp3) is 0.154. The van der Waals surface area contributed by atoms with Gasteiger partial charge < -0.3 is 10.4 Å². The van der Waals surface area contributed by atoms with Crippen molar-refractivity contribution in [3.8, 4) is 17.3 Å². The van der Waals surface area contributed by atoms with Crippen molar-refractivity contribution in [3.05, 3.63) is 36.0 Å². The molecule has 1 amide bonds. The molecule has 96 valence electrons. The lowest BCUT2D eigenvalue weighted by Crippen LogP contribution is -2.10. The number of carbonyl (C=O) groups is 1. The molecule has 0 saturated heterocycles. The van der Waals surface area contributed by atoms with Crippen LogP contribution in [0.2, 0.25) is 0 Å². The van der Waals surface area contributed by atoms with Gasteiger partial charge in [-0.25, -0.2) is 0 Å². The van der Waals surface area contributed by atoms with E-state index >= 15 is 0 Å². The number of aromatic amines is 1. The number of nitrogens with zero attached hydrogens (tertiary/aromatic N) is 2. The maximum atomic E-state index is 11.5. The zero-order chi connectivity index (χ0) is 13.7. The Bertz CT molecular complexity index is 628. The molecule has 2 rings (SSSR count). The topological polar surface area (TPSA) is 102 Å². The van der Waals surface area contributed by atoms with Gasteiger partial charge >= 0.3 is 0 Å². The second-order valence-electron chi connectivity index (χ2n) is 3.87. The lowest BCUT2D eigenvalue weighted by Gasteiger charge is -2.07. The minimum atomic E-state index is -0.368. The molecule has 3 N–H and O–H groups in total. The van der Waals surface area contributed by atoms with Crippen LogP contribution >= 0.6 is 0 Å². The molecule has 0 saturated carbocycles. The number of hydrogen-bond acceptors (Lipinski definition) is 4. The van der Waals surface area contributed by atoms with Gasteiger partial charge in [0.1, 0.15) is 6.42 Å². The largest absolute Gasteiger partial charge is 0.390 e. The van der Waals surface area contributed by atoms with Crippen molar-refractivity contribution in [3.63, 3.8) is 0 Å². The lowest BCUT2D eigenvalue weighted by molar-refractivity contribution is -0.115. The number of amides is 1. The molecule has 1 aromatic carbocycles. The Morgan fingerprint density at radius 3 is 2.95 bits per heavy atom. The summed E-state index contributed by atoms with van der Waals surface area (Å²) in [4.78, 5) is 11.5. The fourth-order valence-corrected chi connectivity index (χ4v) is 1.66. The van der Waals surface area contributed by atoms with Gasteiger partial charge in [-0.1, -0.05) is 18.2 Å². The van der Waals surface area contributed by atoms with Crippen molar-refractivity contribution >= 4 is 11.6 Å². The highest BCUT2D eigenvalue weighted by atomic mass is 16.3. The fourth-order valence-electron chi connectivity index (χ4n) is 1.66. The second kappa shape index (κ2) is 5.80. The number of aromatic nitrogens is 2. The number of anilines is 1. The Hall–Kier alpha value is -2.65. The molecule has 0 fully saturated rings. The van der Waals surface area contributed by atoms with E-state index in [1.165, 1.54) is 0 Å². The Labute approximate surface area is 109 Å². The molecule has 0 aliphatic carbocycles. The van der Waals surface area contributed by atoms with Crippen LogP contribution in [0.1, 0.15) is 12.1 Å². The number of hydrogen-bond donors (Lipinski definition) is 3. The molecule has 6 heteroatoms. The van der Waals surface area contributed by atoms with Gasteiger partial charge in [-0.15, -0.1) is 0 Å². The van der Waals surface area contributed by atoms with E-state index in [4.69, 9.17) is 10.4 Å². The molecular weight excluding hydrogens is 244 g/mol. The highest BCUT2D eigenvalue weighted by molar-refractivity contribution is 5.96. The van der Waals surface area contributed by atoms with E-state index in [1.807, 2.05) is 6.07 Å². The molecule has 0 unspecified atom stereocenters. The number of benzene rings is 1. The minimum absolute atomic E-state index is 0.129. The molecule has 0 spiro atoms. The van der Waals surface area contributed by atoms with E-state index in [9.17, 15) is 4.79 Å². The number of aliphatic hydroxyl groups excluding tert-OH is 1. The van der Waals surface area contributed by atoms with Gasteiger partial charge in [-0.2, -0.15) is 10.4 Å². The SMILES string of the molecule is N#CCC(=O)Nc1ccccc1-c1cc(CO)[nH]n1. The summed E-state index contributed by atoms with van der Waals surface area (Å²) in [6, 6.07) is 10.6. The van der Waals surface area contributed by atoms with Crippen LogP contribution in [-0.4, -0.2) is 21.2 Å². The summed E-state index contributed by atoms with van der Waals surface area (Å²) in [7, 11) is 0. The van der Waals surface area contributed by atoms with E-state index in [0.29, 0.717) is 17.1 Å². The zero-order valence-corrected chi connectivity index (χ0v) is 10.1. The molecular formula is C13H12N4O2. The average Bonchev–Trinajstić information content (AvgIpc) is 2.88. The molecule has 1 heterocycles. The van der Waals surface area contributed by atoms with Crippen molar-refractivity contribution in [2.75, 3.05) is 5.32 Å². The number of aliphatic hydroxyl groups is 1. The Morgan fingerprint density at radius 1 is 1.47 bits per heavy atom. The molecule has 0 aliphatic heterocycles. The third-order valence-corrected chi connectivity index (χ3v) is 2.52. The average molecular weight is 256 g/mol. The quantitative estimate of drug-likeness (QED) is 0.769. The summed E-state index contributed by atoms with van der Waals surface area (Å²) < 4.78 is 0. The van der Waals surface area contributed by atoms with Crippen LogP contribution in [0.15, 0.2) is 30.3 Å². The highest BCUT2D eigenvalue weighted by Gasteiger charge is 2.10. The predicted molar refractivity (Wildman–Crippen MR) is 68.8 cm³/mol.